The number of hydrogen-bond acceptors (Lipinski definition) is 8. The SMILES string of the molecule is CS(=O)(=O)C(C[C@H]1CN(c2ccc(C#CC3CC3CN3CCOCC3)cc2)C(=O)O1)C(=O)NO. The monoisotopic (exact) mass is 491 g/mol. The van der Waals surface area contributed by atoms with Crippen LogP contribution in [0.3, 0.4) is 0 Å². The van der Waals surface area contributed by atoms with Gasteiger partial charge >= 0.3 is 6.09 Å². The van der Waals surface area contributed by atoms with Crippen molar-refractivity contribution in [3.05, 3.63) is 29.8 Å². The number of benzene rings is 1. The largest absolute Gasteiger partial charge is 0.444 e. The van der Waals surface area contributed by atoms with Gasteiger partial charge in [0.15, 0.2) is 9.84 Å². The number of morpholine rings is 1. The van der Waals surface area contributed by atoms with Crippen LogP contribution in [0.15, 0.2) is 24.3 Å². The number of hydrogen-bond donors (Lipinski definition) is 2. The predicted molar refractivity (Wildman–Crippen MR) is 123 cm³/mol. The van der Waals surface area contributed by atoms with Crippen molar-refractivity contribution in [3.63, 3.8) is 0 Å². The fraction of sp³-hybridized carbons (Fsp3) is 0.565. The molecule has 1 aliphatic carbocycles. The van der Waals surface area contributed by atoms with E-state index in [1.165, 1.54) is 10.4 Å². The van der Waals surface area contributed by atoms with Crippen molar-refractivity contribution < 1.29 is 32.7 Å². The minimum absolute atomic E-state index is 0.0971. The summed E-state index contributed by atoms with van der Waals surface area (Å²) in [6, 6.07) is 7.20. The van der Waals surface area contributed by atoms with E-state index in [4.69, 9.17) is 14.7 Å². The molecule has 4 atom stereocenters. The quantitative estimate of drug-likeness (QED) is 0.323. The topological polar surface area (TPSA) is 125 Å². The summed E-state index contributed by atoms with van der Waals surface area (Å²) in [5.41, 5.74) is 2.80. The Hall–Kier alpha value is -2.65. The Morgan fingerprint density at radius 2 is 1.97 bits per heavy atom. The third-order valence-corrected chi connectivity index (χ3v) is 7.81. The summed E-state index contributed by atoms with van der Waals surface area (Å²) in [7, 11) is -3.80. The second kappa shape index (κ2) is 10.3. The summed E-state index contributed by atoms with van der Waals surface area (Å²) in [4.78, 5) is 27.9. The van der Waals surface area contributed by atoms with Gasteiger partial charge in [0.1, 0.15) is 11.4 Å². The molecule has 1 saturated carbocycles. The molecule has 0 spiro atoms. The van der Waals surface area contributed by atoms with E-state index >= 15 is 0 Å². The Bertz CT molecular complexity index is 1070. The lowest BCUT2D eigenvalue weighted by Gasteiger charge is -2.26. The number of rotatable bonds is 7. The van der Waals surface area contributed by atoms with Crippen molar-refractivity contribution >= 4 is 27.5 Å². The number of carbonyl (C=O) groups is 2. The minimum Gasteiger partial charge on any atom is -0.444 e. The second-order valence-corrected chi connectivity index (χ2v) is 11.2. The van der Waals surface area contributed by atoms with E-state index in [1.807, 2.05) is 12.1 Å². The van der Waals surface area contributed by atoms with Gasteiger partial charge in [0.25, 0.3) is 5.91 Å². The number of nitrogens with one attached hydrogen (secondary N) is 1. The summed E-state index contributed by atoms with van der Waals surface area (Å²) in [5.74, 6) is 6.53. The molecule has 0 radical (unpaired) electrons. The first-order valence-electron chi connectivity index (χ1n) is 11.3. The molecule has 2 aliphatic heterocycles. The van der Waals surface area contributed by atoms with E-state index in [9.17, 15) is 18.0 Å². The molecule has 2 amide bonds. The molecule has 0 bridgehead atoms. The molecule has 34 heavy (non-hydrogen) atoms. The van der Waals surface area contributed by atoms with Crippen LogP contribution >= 0.6 is 0 Å². The average Bonchev–Trinajstić information content (AvgIpc) is 3.45. The van der Waals surface area contributed by atoms with Crippen LogP contribution in [0.2, 0.25) is 0 Å². The molecule has 2 N–H and O–H groups in total. The maximum atomic E-state index is 12.3. The van der Waals surface area contributed by atoms with Crippen LogP contribution in [0.25, 0.3) is 0 Å². The number of cyclic esters (lactones) is 1. The smallest absolute Gasteiger partial charge is 0.414 e. The molecule has 0 aromatic heterocycles. The number of hydroxylamine groups is 1. The number of amides is 2. The van der Waals surface area contributed by atoms with Gasteiger partial charge in [-0.25, -0.2) is 18.7 Å². The Kier molecular flexibility index (Phi) is 7.42. The Morgan fingerprint density at radius 3 is 2.62 bits per heavy atom. The number of ether oxygens (including phenoxy) is 2. The molecule has 3 fully saturated rings. The van der Waals surface area contributed by atoms with Gasteiger partial charge in [-0.05, 0) is 36.6 Å². The predicted octanol–water partition coefficient (Wildman–Crippen LogP) is 0.640. The van der Waals surface area contributed by atoms with Crippen LogP contribution in [0, 0.1) is 23.7 Å². The van der Waals surface area contributed by atoms with Crippen LogP contribution < -0.4 is 10.4 Å². The molecule has 1 aromatic rings. The summed E-state index contributed by atoms with van der Waals surface area (Å²) in [6.45, 7) is 4.75. The van der Waals surface area contributed by atoms with Crippen LogP contribution in [0.5, 0.6) is 0 Å². The van der Waals surface area contributed by atoms with Crippen molar-refractivity contribution in [2.45, 2.75) is 24.2 Å². The molecule has 1 aromatic carbocycles. The van der Waals surface area contributed by atoms with E-state index in [0.717, 1.165) is 51.1 Å². The molecule has 3 unspecified atom stereocenters. The highest BCUT2D eigenvalue weighted by atomic mass is 32.2. The fourth-order valence-electron chi connectivity index (χ4n) is 4.28. The van der Waals surface area contributed by atoms with Crippen molar-refractivity contribution in [2.75, 3.05) is 50.5 Å². The highest BCUT2D eigenvalue weighted by Gasteiger charge is 2.39. The molecule has 2 heterocycles. The lowest BCUT2D eigenvalue weighted by Crippen LogP contribution is -2.40. The normalized spacial score (nSPS) is 25.8. The van der Waals surface area contributed by atoms with Gasteiger partial charge in [0.2, 0.25) is 0 Å². The van der Waals surface area contributed by atoms with E-state index in [1.54, 1.807) is 12.1 Å². The molecule has 11 heteroatoms. The summed E-state index contributed by atoms with van der Waals surface area (Å²) in [6.07, 6.45) is 0.343. The van der Waals surface area contributed by atoms with Crippen LogP contribution in [0.4, 0.5) is 10.5 Å². The molecular formula is C23H29N3O7S. The summed E-state index contributed by atoms with van der Waals surface area (Å²) >= 11 is 0. The second-order valence-electron chi connectivity index (χ2n) is 8.98. The van der Waals surface area contributed by atoms with E-state index in [2.05, 4.69) is 16.7 Å². The number of carbonyl (C=O) groups excluding carboxylic acids is 2. The van der Waals surface area contributed by atoms with E-state index in [0.29, 0.717) is 17.5 Å². The average molecular weight is 492 g/mol. The van der Waals surface area contributed by atoms with Gasteiger partial charge < -0.3 is 9.47 Å². The van der Waals surface area contributed by atoms with Gasteiger partial charge in [0.05, 0.1) is 19.8 Å². The van der Waals surface area contributed by atoms with Gasteiger partial charge in [-0.2, -0.15) is 0 Å². The highest BCUT2D eigenvalue weighted by molar-refractivity contribution is 7.92. The fourth-order valence-corrected chi connectivity index (χ4v) is 5.29. The van der Waals surface area contributed by atoms with Gasteiger partial charge in [-0.1, -0.05) is 11.8 Å². The summed E-state index contributed by atoms with van der Waals surface area (Å²) in [5, 5.41) is 7.31. The van der Waals surface area contributed by atoms with Crippen molar-refractivity contribution in [3.8, 4) is 11.8 Å². The zero-order valence-corrected chi connectivity index (χ0v) is 19.8. The third kappa shape index (κ3) is 6.07. The van der Waals surface area contributed by atoms with Gasteiger partial charge in [-0.15, -0.1) is 0 Å². The zero-order valence-electron chi connectivity index (χ0n) is 19.0. The number of anilines is 1. The lowest BCUT2D eigenvalue weighted by molar-refractivity contribution is -0.129. The lowest BCUT2D eigenvalue weighted by atomic mass is 10.1. The Morgan fingerprint density at radius 1 is 1.26 bits per heavy atom. The zero-order chi connectivity index (χ0) is 24.3. The number of nitrogens with zero attached hydrogens (tertiary/aromatic N) is 2. The van der Waals surface area contributed by atoms with Gasteiger partial charge in [0, 0.05) is 49.5 Å². The highest BCUT2D eigenvalue weighted by Crippen LogP contribution is 2.38. The van der Waals surface area contributed by atoms with Gasteiger partial charge in [-0.3, -0.25) is 19.8 Å². The Labute approximate surface area is 199 Å². The first-order valence-corrected chi connectivity index (χ1v) is 13.2. The molecule has 2 saturated heterocycles. The molecular weight excluding hydrogens is 462 g/mol. The molecule has 4 rings (SSSR count). The number of sulfone groups is 1. The first kappa shape index (κ1) is 24.5. The van der Waals surface area contributed by atoms with E-state index in [-0.39, 0.29) is 13.0 Å². The van der Waals surface area contributed by atoms with E-state index < -0.39 is 33.2 Å². The van der Waals surface area contributed by atoms with Crippen molar-refractivity contribution in [2.24, 2.45) is 11.8 Å². The van der Waals surface area contributed by atoms with Crippen molar-refractivity contribution in [1.29, 1.82) is 0 Å². The molecule has 184 valence electrons. The molecule has 3 aliphatic rings. The maximum absolute atomic E-state index is 12.3. The van der Waals surface area contributed by atoms with Crippen molar-refractivity contribution in [1.82, 2.24) is 10.4 Å². The minimum atomic E-state index is -3.80. The molecule has 10 nitrogen and oxygen atoms in total. The van der Waals surface area contributed by atoms with Crippen LogP contribution in [-0.4, -0.2) is 87.5 Å². The third-order valence-electron chi connectivity index (χ3n) is 6.37. The Balaban J connectivity index is 1.31. The first-order chi connectivity index (χ1) is 16.2. The standard InChI is InChI=1S/C23H29N3O7S/c1-34(30,31)21(22(27)24-29)13-20-15-26(23(28)33-20)19-6-3-16(4-7-19)2-5-17-12-18(17)14-25-8-10-32-11-9-25/h3-4,6-7,17-18,20-21,29H,8-15H2,1H3,(H,24,27)/t17?,18?,20-,21?/m0/s1. The summed E-state index contributed by atoms with van der Waals surface area (Å²) < 4.78 is 34.4. The van der Waals surface area contributed by atoms with Crippen LogP contribution in [-0.2, 0) is 24.1 Å². The maximum Gasteiger partial charge on any atom is 0.414 e. The van der Waals surface area contributed by atoms with Crippen LogP contribution in [0.1, 0.15) is 18.4 Å².